The number of hydrogen-bond donors (Lipinski definition) is 0. The molecule has 7 heteroatoms. The second-order valence-corrected chi connectivity index (χ2v) is 8.80. The van der Waals surface area contributed by atoms with Crippen molar-refractivity contribution in [3.8, 4) is 0 Å². The Morgan fingerprint density at radius 3 is 2.30 bits per heavy atom. The van der Waals surface area contributed by atoms with Crippen LogP contribution in [0, 0.1) is 13.8 Å². The number of halogens is 2. The fourth-order valence-corrected chi connectivity index (χ4v) is 4.77. The molecule has 4 nitrogen and oxygen atoms in total. The largest absolute Gasteiger partial charge is 0.468 e. The second-order valence-electron chi connectivity index (χ2n) is 6.94. The molecule has 0 fully saturated rings. The normalized spacial score (nSPS) is 14.2. The number of thioether (sulfide) groups is 1. The Balaban J connectivity index is 1.79. The van der Waals surface area contributed by atoms with Gasteiger partial charge in [-0.2, -0.15) is 0 Å². The predicted molar refractivity (Wildman–Crippen MR) is 122 cm³/mol. The molecule has 0 N–H and O–H groups in total. The van der Waals surface area contributed by atoms with Gasteiger partial charge in [0, 0.05) is 10.0 Å². The highest BCUT2D eigenvalue weighted by Crippen LogP contribution is 2.41. The maximum Gasteiger partial charge on any atom is 0.272 e. The summed E-state index contributed by atoms with van der Waals surface area (Å²) in [5.74, 6) is 0.350. The Bertz CT molecular complexity index is 1160. The van der Waals surface area contributed by atoms with Crippen LogP contribution >= 0.6 is 35.0 Å². The van der Waals surface area contributed by atoms with E-state index in [1.54, 1.807) is 30.5 Å². The van der Waals surface area contributed by atoms with Crippen LogP contribution in [0.4, 0.5) is 5.69 Å². The van der Waals surface area contributed by atoms with Gasteiger partial charge < -0.3 is 4.42 Å². The first-order valence-electron chi connectivity index (χ1n) is 9.17. The summed E-state index contributed by atoms with van der Waals surface area (Å²) in [6, 6.07) is 14.0. The molecule has 0 saturated heterocycles. The highest BCUT2D eigenvalue weighted by molar-refractivity contribution is 8.03. The van der Waals surface area contributed by atoms with Gasteiger partial charge in [-0.25, -0.2) is 4.90 Å². The number of imide groups is 1. The van der Waals surface area contributed by atoms with Gasteiger partial charge in [-0.3, -0.25) is 9.59 Å². The van der Waals surface area contributed by atoms with E-state index in [0.717, 1.165) is 21.8 Å². The van der Waals surface area contributed by atoms with E-state index in [1.165, 1.54) is 11.8 Å². The summed E-state index contributed by atoms with van der Waals surface area (Å²) < 4.78 is 5.39. The first-order valence-corrected chi connectivity index (χ1v) is 10.9. The van der Waals surface area contributed by atoms with Crippen LogP contribution in [0.2, 0.25) is 10.0 Å². The summed E-state index contributed by atoms with van der Waals surface area (Å²) in [4.78, 5) is 28.3. The first-order chi connectivity index (χ1) is 14.3. The van der Waals surface area contributed by atoms with E-state index in [9.17, 15) is 9.59 Å². The van der Waals surface area contributed by atoms with Gasteiger partial charge >= 0.3 is 0 Å². The smallest absolute Gasteiger partial charge is 0.272 e. The van der Waals surface area contributed by atoms with Gasteiger partial charge in [0.25, 0.3) is 11.8 Å². The molecule has 2 heterocycles. The Hall–Kier alpha value is -2.47. The predicted octanol–water partition coefficient (Wildman–Crippen LogP) is 6.42. The highest BCUT2D eigenvalue weighted by atomic mass is 35.5. The summed E-state index contributed by atoms with van der Waals surface area (Å²) in [7, 11) is 0. The zero-order chi connectivity index (χ0) is 21.4. The zero-order valence-electron chi connectivity index (χ0n) is 16.2. The van der Waals surface area contributed by atoms with Gasteiger partial charge in [-0.1, -0.05) is 41.4 Å². The Kier molecular flexibility index (Phi) is 5.78. The van der Waals surface area contributed by atoms with E-state index in [4.69, 9.17) is 27.6 Å². The lowest BCUT2D eigenvalue weighted by Gasteiger charge is -2.16. The van der Waals surface area contributed by atoms with E-state index in [1.807, 2.05) is 38.1 Å². The van der Waals surface area contributed by atoms with Crippen LogP contribution in [-0.4, -0.2) is 11.8 Å². The van der Waals surface area contributed by atoms with E-state index in [2.05, 4.69) is 0 Å². The van der Waals surface area contributed by atoms with Gasteiger partial charge in [0.2, 0.25) is 0 Å². The van der Waals surface area contributed by atoms with Crippen LogP contribution in [0.25, 0.3) is 5.57 Å². The van der Waals surface area contributed by atoms with Crippen molar-refractivity contribution in [1.82, 2.24) is 0 Å². The van der Waals surface area contributed by atoms with E-state index >= 15 is 0 Å². The van der Waals surface area contributed by atoms with E-state index < -0.39 is 11.8 Å². The standard InChI is InChI=1S/C23H17Cl2NO3S/c1-13-5-6-15(8-14(13)2)20-21(30-12-19-4-3-7-29-19)23(28)26(22(20)27)18-10-16(24)9-17(25)11-18/h3-11H,12H2,1-2H3. The van der Waals surface area contributed by atoms with Gasteiger partial charge in [0.1, 0.15) is 5.76 Å². The Labute approximate surface area is 188 Å². The third kappa shape index (κ3) is 3.93. The number of anilines is 1. The fourth-order valence-electron chi connectivity index (χ4n) is 3.24. The third-order valence-corrected chi connectivity index (χ3v) is 6.41. The quantitative estimate of drug-likeness (QED) is 0.414. The number of nitrogens with zero attached hydrogens (tertiary/aromatic N) is 1. The molecular weight excluding hydrogens is 441 g/mol. The number of furan rings is 1. The van der Waals surface area contributed by atoms with Crippen molar-refractivity contribution in [3.05, 3.63) is 92.2 Å². The summed E-state index contributed by atoms with van der Waals surface area (Å²) in [6.45, 7) is 3.98. The molecule has 0 unspecified atom stereocenters. The summed E-state index contributed by atoms with van der Waals surface area (Å²) in [6.07, 6.45) is 1.58. The molecule has 2 amide bonds. The van der Waals surface area contributed by atoms with Crippen molar-refractivity contribution < 1.29 is 14.0 Å². The fraction of sp³-hybridized carbons (Fsp3) is 0.130. The lowest BCUT2D eigenvalue weighted by Crippen LogP contribution is -2.31. The van der Waals surface area contributed by atoms with Crippen LogP contribution in [0.1, 0.15) is 22.5 Å². The molecule has 2 aromatic carbocycles. The van der Waals surface area contributed by atoms with E-state index in [-0.39, 0.29) is 0 Å². The molecule has 1 aliphatic rings. The van der Waals surface area contributed by atoms with Crippen molar-refractivity contribution in [2.75, 3.05) is 4.90 Å². The molecular formula is C23H17Cl2NO3S. The van der Waals surface area contributed by atoms with Crippen LogP contribution in [0.15, 0.2) is 64.1 Å². The molecule has 0 radical (unpaired) electrons. The molecule has 1 aromatic heterocycles. The van der Waals surface area contributed by atoms with Crippen molar-refractivity contribution in [3.63, 3.8) is 0 Å². The minimum absolute atomic E-state index is 0.345. The molecule has 1 aliphatic heterocycles. The molecule has 3 aromatic rings. The van der Waals surface area contributed by atoms with Crippen molar-refractivity contribution in [1.29, 1.82) is 0 Å². The van der Waals surface area contributed by atoms with Crippen LogP contribution in [0.3, 0.4) is 0 Å². The molecule has 0 saturated carbocycles. The molecule has 0 spiro atoms. The number of hydrogen-bond acceptors (Lipinski definition) is 4. The lowest BCUT2D eigenvalue weighted by atomic mass is 10.0. The number of rotatable bonds is 5. The number of amides is 2. The lowest BCUT2D eigenvalue weighted by molar-refractivity contribution is -0.119. The van der Waals surface area contributed by atoms with Crippen LogP contribution in [-0.2, 0) is 15.3 Å². The zero-order valence-corrected chi connectivity index (χ0v) is 18.6. The summed E-state index contributed by atoms with van der Waals surface area (Å²) in [5.41, 5.74) is 3.57. The monoisotopic (exact) mass is 457 g/mol. The molecule has 4 rings (SSSR count). The molecule has 152 valence electrons. The van der Waals surface area contributed by atoms with Crippen molar-refractivity contribution in [2.45, 2.75) is 19.6 Å². The number of aryl methyl sites for hydroxylation is 2. The second kappa shape index (κ2) is 8.34. The molecule has 0 aliphatic carbocycles. The average molecular weight is 458 g/mol. The Morgan fingerprint density at radius 1 is 0.933 bits per heavy atom. The van der Waals surface area contributed by atoms with Gasteiger partial charge in [-0.05, 0) is 60.9 Å². The van der Waals surface area contributed by atoms with Crippen LogP contribution < -0.4 is 4.90 Å². The first kappa shape index (κ1) is 20.8. The summed E-state index contributed by atoms with van der Waals surface area (Å²) in [5, 5.41) is 0.699. The Morgan fingerprint density at radius 2 is 1.67 bits per heavy atom. The third-order valence-electron chi connectivity index (χ3n) is 4.88. The number of carbonyl (C=O) groups is 2. The van der Waals surface area contributed by atoms with Crippen molar-refractivity contribution in [2.24, 2.45) is 0 Å². The minimum atomic E-state index is -0.400. The highest BCUT2D eigenvalue weighted by Gasteiger charge is 2.40. The number of carbonyl (C=O) groups excluding carboxylic acids is 2. The maximum atomic E-state index is 13.4. The number of benzene rings is 2. The van der Waals surface area contributed by atoms with E-state index in [0.29, 0.717) is 37.5 Å². The molecule has 0 atom stereocenters. The van der Waals surface area contributed by atoms with Gasteiger partial charge in [0.15, 0.2) is 0 Å². The topological polar surface area (TPSA) is 50.5 Å². The van der Waals surface area contributed by atoms with Crippen molar-refractivity contribution >= 4 is 58.0 Å². The van der Waals surface area contributed by atoms with Gasteiger partial charge in [-0.15, -0.1) is 11.8 Å². The average Bonchev–Trinajstić information content (AvgIpc) is 3.28. The maximum absolute atomic E-state index is 13.4. The van der Waals surface area contributed by atoms with Gasteiger partial charge in [0.05, 0.1) is 28.2 Å². The van der Waals surface area contributed by atoms with Crippen LogP contribution in [0.5, 0.6) is 0 Å². The SMILES string of the molecule is Cc1ccc(C2=C(SCc3ccco3)C(=O)N(c3cc(Cl)cc(Cl)c3)C2=O)cc1C. The minimum Gasteiger partial charge on any atom is -0.468 e. The molecule has 0 bridgehead atoms. The molecule has 30 heavy (non-hydrogen) atoms. The summed E-state index contributed by atoms with van der Waals surface area (Å²) >= 11 is 13.5.